The van der Waals surface area contributed by atoms with Crippen molar-refractivity contribution >= 4 is 22.7 Å². The number of carbonyl (C=O) groups excluding carboxylic acids is 2. The fourth-order valence-electron chi connectivity index (χ4n) is 7.52. The highest BCUT2D eigenvalue weighted by atomic mass is 19.1. The van der Waals surface area contributed by atoms with Crippen LogP contribution in [-0.2, 0) is 20.7 Å². The lowest BCUT2D eigenvalue weighted by atomic mass is 9.74. The van der Waals surface area contributed by atoms with Crippen LogP contribution in [0.15, 0.2) is 28.7 Å². The Hall–Kier alpha value is -2.25. The second-order valence-electron chi connectivity index (χ2n) is 12.0. The highest BCUT2D eigenvalue weighted by Crippen LogP contribution is 2.42. The molecule has 208 valence electrons. The molecule has 1 amide bonds. The normalized spacial score (nSPS) is 31.0. The van der Waals surface area contributed by atoms with Gasteiger partial charge >= 0.3 is 0 Å². The molecule has 6 nitrogen and oxygen atoms in total. The lowest BCUT2D eigenvalue weighted by Gasteiger charge is -2.37. The van der Waals surface area contributed by atoms with Crippen LogP contribution in [0.3, 0.4) is 0 Å². The number of Topliss-reactive ketones (excluding diaryl/α,β-unsaturated/α-hetero) is 1. The Kier molecular flexibility index (Phi) is 8.53. The molecule has 0 spiro atoms. The molecular formula is C31H43FN2O4. The van der Waals surface area contributed by atoms with Gasteiger partial charge in [0.2, 0.25) is 5.91 Å². The number of ether oxygens (including phenoxy) is 1. The number of carbonyl (C=O) groups is 2. The maximum atomic E-state index is 14.0. The van der Waals surface area contributed by atoms with Crippen molar-refractivity contribution in [2.45, 2.75) is 89.3 Å². The van der Waals surface area contributed by atoms with Crippen molar-refractivity contribution in [1.29, 1.82) is 0 Å². The van der Waals surface area contributed by atoms with Crippen molar-refractivity contribution in [3.63, 3.8) is 0 Å². The van der Waals surface area contributed by atoms with Crippen LogP contribution in [0.1, 0.15) is 69.1 Å². The molecule has 1 aliphatic heterocycles. The van der Waals surface area contributed by atoms with Crippen molar-refractivity contribution in [3.05, 3.63) is 35.6 Å². The molecule has 3 atom stereocenters. The first-order valence-electron chi connectivity index (χ1n) is 14.5. The predicted octanol–water partition coefficient (Wildman–Crippen LogP) is 5.38. The number of methoxy groups -OCH3 is 1. The van der Waals surface area contributed by atoms with E-state index in [2.05, 4.69) is 0 Å². The standard InChI is InChI=1S/C31H43FN2O4/c1-19-15-24-16-20(3-12-29(24)38-19)17-28(35)30-26(21-8-10-25(37-2)11-9-21)13-14-34(30)31(36)23-6-4-22(5-7-23)27(33)18-32/h3,12,15-16,21-23,25-27,30H,4-11,13-14,17-18,33H2,1-2H3/t21?,22?,23?,25?,26-,27+,30-/m0/s1. The van der Waals surface area contributed by atoms with E-state index < -0.39 is 12.7 Å². The zero-order chi connectivity index (χ0) is 26.8. The number of nitrogens with zero attached hydrogens (tertiary/aromatic N) is 1. The van der Waals surface area contributed by atoms with Crippen LogP contribution < -0.4 is 5.73 Å². The number of nitrogens with two attached hydrogens (primary N) is 1. The Morgan fingerprint density at radius 2 is 1.82 bits per heavy atom. The molecule has 38 heavy (non-hydrogen) atoms. The number of amides is 1. The molecule has 0 radical (unpaired) electrons. The van der Waals surface area contributed by atoms with E-state index in [1.54, 1.807) is 7.11 Å². The van der Waals surface area contributed by atoms with Gasteiger partial charge in [0.15, 0.2) is 5.78 Å². The smallest absolute Gasteiger partial charge is 0.226 e. The first kappa shape index (κ1) is 27.3. The van der Waals surface area contributed by atoms with Gasteiger partial charge in [-0.25, -0.2) is 4.39 Å². The van der Waals surface area contributed by atoms with Gasteiger partial charge in [0.1, 0.15) is 18.0 Å². The number of halogens is 1. The molecule has 2 N–H and O–H groups in total. The quantitative estimate of drug-likeness (QED) is 0.499. The molecule has 2 saturated carbocycles. The molecule has 0 bridgehead atoms. The number of alkyl halides is 1. The van der Waals surface area contributed by atoms with E-state index in [1.165, 1.54) is 0 Å². The van der Waals surface area contributed by atoms with Crippen LogP contribution in [0.25, 0.3) is 11.0 Å². The average Bonchev–Trinajstić information content (AvgIpc) is 3.55. The third-order valence-corrected chi connectivity index (χ3v) is 9.70. The summed E-state index contributed by atoms with van der Waals surface area (Å²) < 4.78 is 24.4. The number of fused-ring (bicyclic) bond motifs is 1. The van der Waals surface area contributed by atoms with E-state index in [0.717, 1.165) is 80.1 Å². The molecule has 3 aliphatic rings. The molecule has 1 saturated heterocycles. The predicted molar refractivity (Wildman–Crippen MR) is 145 cm³/mol. The minimum atomic E-state index is -0.511. The third kappa shape index (κ3) is 5.69. The summed E-state index contributed by atoms with van der Waals surface area (Å²) in [6.07, 6.45) is 8.64. The van der Waals surface area contributed by atoms with Gasteiger partial charge in [0, 0.05) is 37.4 Å². The monoisotopic (exact) mass is 526 g/mol. The minimum absolute atomic E-state index is 0.0957. The highest BCUT2D eigenvalue weighted by Gasteiger charge is 2.47. The summed E-state index contributed by atoms with van der Waals surface area (Å²) in [5.41, 5.74) is 7.74. The highest BCUT2D eigenvalue weighted by molar-refractivity contribution is 5.92. The van der Waals surface area contributed by atoms with Gasteiger partial charge in [-0.3, -0.25) is 9.59 Å². The molecule has 1 aromatic carbocycles. The van der Waals surface area contributed by atoms with E-state index in [0.29, 0.717) is 25.0 Å². The van der Waals surface area contributed by atoms with E-state index in [9.17, 15) is 14.0 Å². The number of likely N-dealkylation sites (tertiary alicyclic amines) is 1. The Morgan fingerprint density at radius 3 is 2.50 bits per heavy atom. The fourth-order valence-corrected chi connectivity index (χ4v) is 7.52. The number of benzene rings is 1. The van der Waals surface area contributed by atoms with Gasteiger partial charge in [-0.1, -0.05) is 6.07 Å². The van der Waals surface area contributed by atoms with E-state index in [-0.39, 0.29) is 35.5 Å². The molecule has 5 rings (SSSR count). The molecule has 2 aliphatic carbocycles. The van der Waals surface area contributed by atoms with Crippen molar-refractivity contribution in [2.24, 2.45) is 29.4 Å². The number of rotatable bonds is 8. The van der Waals surface area contributed by atoms with Gasteiger partial charge in [-0.2, -0.15) is 0 Å². The topological polar surface area (TPSA) is 85.8 Å². The summed E-state index contributed by atoms with van der Waals surface area (Å²) in [6, 6.07) is 7.13. The summed E-state index contributed by atoms with van der Waals surface area (Å²) in [6.45, 7) is 2.06. The number of hydrogen-bond acceptors (Lipinski definition) is 5. The SMILES string of the molecule is COC1CCC([C@@H]2CCN(C(=O)C3CCC([C@H](N)CF)CC3)[C@@H]2C(=O)Cc2ccc3oc(C)cc3c2)CC1. The molecular weight excluding hydrogens is 483 g/mol. The van der Waals surface area contributed by atoms with Crippen molar-refractivity contribution < 1.29 is 23.1 Å². The van der Waals surface area contributed by atoms with Crippen molar-refractivity contribution in [2.75, 3.05) is 20.3 Å². The van der Waals surface area contributed by atoms with Crippen LogP contribution in [0.5, 0.6) is 0 Å². The van der Waals surface area contributed by atoms with Gasteiger partial charge in [0.05, 0.1) is 12.1 Å². The van der Waals surface area contributed by atoms with E-state index in [1.807, 2.05) is 36.1 Å². The number of furan rings is 1. The first-order valence-corrected chi connectivity index (χ1v) is 14.5. The van der Waals surface area contributed by atoms with Crippen molar-refractivity contribution in [1.82, 2.24) is 4.90 Å². The molecule has 3 fully saturated rings. The molecule has 2 heterocycles. The Morgan fingerprint density at radius 1 is 1.08 bits per heavy atom. The lowest BCUT2D eigenvalue weighted by molar-refractivity contribution is -0.143. The van der Waals surface area contributed by atoms with Gasteiger partial charge in [-0.15, -0.1) is 0 Å². The van der Waals surface area contributed by atoms with Crippen LogP contribution in [0.4, 0.5) is 4.39 Å². The maximum Gasteiger partial charge on any atom is 0.226 e. The average molecular weight is 527 g/mol. The second-order valence-corrected chi connectivity index (χ2v) is 12.0. The number of aryl methyl sites for hydroxylation is 1. The van der Waals surface area contributed by atoms with Gasteiger partial charge in [0.25, 0.3) is 0 Å². The lowest BCUT2D eigenvalue weighted by Crippen LogP contribution is -2.48. The number of ketones is 1. The maximum absolute atomic E-state index is 14.0. The van der Waals surface area contributed by atoms with Gasteiger partial charge in [-0.05, 0) is 106 Å². The summed E-state index contributed by atoms with van der Waals surface area (Å²) in [7, 11) is 1.78. The van der Waals surface area contributed by atoms with E-state index >= 15 is 0 Å². The zero-order valence-corrected chi connectivity index (χ0v) is 22.9. The largest absolute Gasteiger partial charge is 0.461 e. The third-order valence-electron chi connectivity index (χ3n) is 9.70. The second kappa shape index (κ2) is 11.9. The zero-order valence-electron chi connectivity index (χ0n) is 22.9. The Bertz CT molecular complexity index is 1120. The molecule has 0 unspecified atom stereocenters. The van der Waals surface area contributed by atoms with Crippen LogP contribution >= 0.6 is 0 Å². The number of hydrogen-bond donors (Lipinski definition) is 1. The van der Waals surface area contributed by atoms with Crippen LogP contribution in [0.2, 0.25) is 0 Å². The van der Waals surface area contributed by atoms with E-state index in [4.69, 9.17) is 14.9 Å². The van der Waals surface area contributed by atoms with Gasteiger partial charge < -0.3 is 19.8 Å². The summed E-state index contributed by atoms with van der Waals surface area (Å²) in [5.74, 6) is 1.79. The first-order chi connectivity index (χ1) is 18.4. The Labute approximate surface area is 225 Å². The molecule has 2 aromatic rings. The minimum Gasteiger partial charge on any atom is -0.461 e. The van der Waals surface area contributed by atoms with Crippen molar-refractivity contribution in [3.8, 4) is 0 Å². The van der Waals surface area contributed by atoms with Crippen LogP contribution in [-0.4, -0.2) is 55.1 Å². The fraction of sp³-hybridized carbons (Fsp3) is 0.677. The molecule has 1 aromatic heterocycles. The summed E-state index contributed by atoms with van der Waals surface area (Å²) in [5, 5.41) is 1.00. The van der Waals surface area contributed by atoms with Crippen LogP contribution in [0, 0.1) is 30.6 Å². The molecule has 7 heteroatoms. The summed E-state index contributed by atoms with van der Waals surface area (Å²) >= 11 is 0. The Balaban J connectivity index is 1.33. The summed E-state index contributed by atoms with van der Waals surface area (Å²) in [4.78, 5) is 29.8.